The molecule has 0 unspecified atom stereocenters. The summed E-state index contributed by atoms with van der Waals surface area (Å²) in [5.74, 6) is 0.0101. The van der Waals surface area contributed by atoms with Crippen molar-refractivity contribution < 1.29 is 14.3 Å². The van der Waals surface area contributed by atoms with Gasteiger partial charge in [0.1, 0.15) is 0 Å². The fourth-order valence-electron chi connectivity index (χ4n) is 4.00. The van der Waals surface area contributed by atoms with E-state index in [2.05, 4.69) is 22.2 Å². The van der Waals surface area contributed by atoms with Gasteiger partial charge < -0.3 is 15.0 Å². The highest BCUT2D eigenvalue weighted by Gasteiger charge is 2.25. The lowest BCUT2D eigenvalue weighted by molar-refractivity contribution is 0.0600. The number of carbonyl (C=O) groups is 2. The minimum absolute atomic E-state index is 0.0480. The molecule has 1 atom stereocenters. The van der Waals surface area contributed by atoms with Gasteiger partial charge in [0.05, 0.1) is 23.9 Å². The summed E-state index contributed by atoms with van der Waals surface area (Å²) in [7, 11) is 1.35. The van der Waals surface area contributed by atoms with E-state index in [-0.39, 0.29) is 5.91 Å². The van der Waals surface area contributed by atoms with Crippen LogP contribution in [-0.2, 0) is 4.74 Å². The Bertz CT molecular complexity index is 1140. The molecule has 2 aromatic heterocycles. The Morgan fingerprint density at radius 2 is 2.06 bits per heavy atom. The highest BCUT2D eigenvalue weighted by molar-refractivity contribution is 6.07. The van der Waals surface area contributed by atoms with Gasteiger partial charge in [0.2, 0.25) is 0 Å². The van der Waals surface area contributed by atoms with Crippen LogP contribution in [0, 0.1) is 12.8 Å². The second kappa shape index (κ2) is 8.71. The molecule has 3 heterocycles. The molecule has 4 rings (SSSR count). The number of likely N-dealkylation sites (tertiary alicyclic amines) is 1. The number of nitrogens with one attached hydrogen (secondary N) is 1. The molecule has 1 amide bonds. The quantitative estimate of drug-likeness (QED) is 0.635. The van der Waals surface area contributed by atoms with E-state index in [1.807, 2.05) is 30.0 Å². The van der Waals surface area contributed by atoms with E-state index in [0.29, 0.717) is 34.1 Å². The topological polar surface area (TPSA) is 84.4 Å². The summed E-state index contributed by atoms with van der Waals surface area (Å²) in [6.07, 6.45) is 3.73. The maximum Gasteiger partial charge on any atom is 0.337 e. The normalized spacial score (nSPS) is 16.2. The number of piperidine rings is 1. The predicted octanol–water partition coefficient (Wildman–Crippen LogP) is 4.34. The first kappa shape index (κ1) is 20.8. The molecule has 1 aliphatic heterocycles. The number of benzene rings is 1. The van der Waals surface area contributed by atoms with Crippen molar-refractivity contribution in [2.75, 3.05) is 25.5 Å². The zero-order valence-electron chi connectivity index (χ0n) is 18.0. The molecule has 7 nitrogen and oxygen atoms in total. The molecular formula is C24H26N4O3. The van der Waals surface area contributed by atoms with Gasteiger partial charge in [-0.25, -0.2) is 14.8 Å². The van der Waals surface area contributed by atoms with Crippen LogP contribution < -0.4 is 5.32 Å². The number of methoxy groups -OCH3 is 1. The van der Waals surface area contributed by atoms with Gasteiger partial charge in [-0.1, -0.05) is 13.0 Å². The Balaban J connectivity index is 1.79. The number of rotatable bonds is 4. The number of nitrogens with zero attached hydrogens (tertiary/aromatic N) is 3. The van der Waals surface area contributed by atoms with E-state index in [1.54, 1.807) is 24.4 Å². The fourth-order valence-corrected chi connectivity index (χ4v) is 4.00. The van der Waals surface area contributed by atoms with E-state index in [9.17, 15) is 9.59 Å². The highest BCUT2D eigenvalue weighted by atomic mass is 16.5. The van der Waals surface area contributed by atoms with E-state index >= 15 is 0 Å². The average Bonchev–Trinajstić information content (AvgIpc) is 2.78. The molecule has 160 valence electrons. The number of aromatic nitrogens is 2. The van der Waals surface area contributed by atoms with Gasteiger partial charge in [-0.3, -0.25) is 4.79 Å². The first-order valence-electron chi connectivity index (χ1n) is 10.5. The van der Waals surface area contributed by atoms with E-state index in [4.69, 9.17) is 4.74 Å². The Morgan fingerprint density at radius 3 is 2.84 bits per heavy atom. The molecule has 1 N–H and O–H groups in total. The van der Waals surface area contributed by atoms with E-state index in [1.165, 1.54) is 7.11 Å². The fraction of sp³-hybridized carbons (Fsp3) is 0.333. The highest BCUT2D eigenvalue weighted by Crippen LogP contribution is 2.31. The van der Waals surface area contributed by atoms with Crippen LogP contribution in [0.25, 0.3) is 11.0 Å². The third-order valence-corrected chi connectivity index (χ3v) is 5.60. The van der Waals surface area contributed by atoms with Crippen molar-refractivity contribution in [3.63, 3.8) is 0 Å². The molecule has 1 fully saturated rings. The van der Waals surface area contributed by atoms with Crippen LogP contribution in [0.5, 0.6) is 0 Å². The summed E-state index contributed by atoms with van der Waals surface area (Å²) in [4.78, 5) is 36.3. The summed E-state index contributed by atoms with van der Waals surface area (Å²) in [5.41, 5.74) is 3.66. The summed E-state index contributed by atoms with van der Waals surface area (Å²) >= 11 is 0. The van der Waals surface area contributed by atoms with Crippen LogP contribution in [-0.4, -0.2) is 46.9 Å². The zero-order valence-corrected chi connectivity index (χ0v) is 18.0. The number of ether oxygens (including phenoxy) is 1. The second-order valence-corrected chi connectivity index (χ2v) is 8.07. The molecule has 0 spiro atoms. The van der Waals surface area contributed by atoms with Gasteiger partial charge in [0.25, 0.3) is 5.91 Å². The third kappa shape index (κ3) is 4.35. The van der Waals surface area contributed by atoms with Crippen LogP contribution in [0.1, 0.15) is 46.2 Å². The molecule has 7 heteroatoms. The number of esters is 1. The number of hydrogen-bond acceptors (Lipinski definition) is 6. The summed E-state index contributed by atoms with van der Waals surface area (Å²) in [6, 6.07) is 10.8. The zero-order chi connectivity index (χ0) is 22.0. The van der Waals surface area contributed by atoms with Crippen molar-refractivity contribution in [3.05, 3.63) is 59.4 Å². The lowest BCUT2D eigenvalue weighted by Gasteiger charge is -2.31. The number of anilines is 2. The molecule has 0 radical (unpaired) electrons. The SMILES string of the molecule is COC(=O)c1cccc(Nc2c(C(=O)N3CCC[C@H](C)C3)cnc3nc(C)ccc23)c1. The summed E-state index contributed by atoms with van der Waals surface area (Å²) in [6.45, 7) is 5.55. The third-order valence-electron chi connectivity index (χ3n) is 5.60. The molecule has 0 saturated carbocycles. The summed E-state index contributed by atoms with van der Waals surface area (Å²) < 4.78 is 4.83. The number of amides is 1. The van der Waals surface area contributed by atoms with Gasteiger partial charge in [-0.2, -0.15) is 0 Å². The van der Waals surface area contributed by atoms with Gasteiger partial charge in [0.15, 0.2) is 5.65 Å². The van der Waals surface area contributed by atoms with Crippen molar-refractivity contribution in [2.45, 2.75) is 26.7 Å². The lowest BCUT2D eigenvalue weighted by atomic mass is 9.99. The second-order valence-electron chi connectivity index (χ2n) is 8.07. The average molecular weight is 418 g/mol. The van der Waals surface area contributed by atoms with Crippen LogP contribution >= 0.6 is 0 Å². The van der Waals surface area contributed by atoms with Crippen molar-refractivity contribution >= 4 is 34.3 Å². The van der Waals surface area contributed by atoms with Gasteiger partial charge >= 0.3 is 5.97 Å². The largest absolute Gasteiger partial charge is 0.465 e. The lowest BCUT2D eigenvalue weighted by Crippen LogP contribution is -2.39. The number of hydrogen-bond donors (Lipinski definition) is 1. The Labute approximate surface area is 181 Å². The van der Waals surface area contributed by atoms with E-state index in [0.717, 1.165) is 37.0 Å². The molecule has 1 aromatic carbocycles. The smallest absolute Gasteiger partial charge is 0.337 e. The Kier molecular flexibility index (Phi) is 5.84. The van der Waals surface area contributed by atoms with Crippen molar-refractivity contribution in [2.24, 2.45) is 5.92 Å². The van der Waals surface area contributed by atoms with Crippen molar-refractivity contribution in [1.29, 1.82) is 0 Å². The van der Waals surface area contributed by atoms with Crippen molar-refractivity contribution in [1.82, 2.24) is 14.9 Å². The summed E-state index contributed by atoms with van der Waals surface area (Å²) in [5, 5.41) is 4.10. The van der Waals surface area contributed by atoms with E-state index < -0.39 is 5.97 Å². The molecule has 0 bridgehead atoms. The predicted molar refractivity (Wildman–Crippen MR) is 120 cm³/mol. The monoisotopic (exact) mass is 418 g/mol. The maximum absolute atomic E-state index is 13.4. The van der Waals surface area contributed by atoms with Gasteiger partial charge in [-0.05, 0) is 56.0 Å². The standard InChI is InChI=1S/C24H26N4O3/c1-15-6-5-11-28(14-15)23(29)20-13-25-22-19(10-9-16(2)26-22)21(20)27-18-8-4-7-17(12-18)24(30)31-3/h4,7-10,12-13,15H,5-6,11,14H2,1-3H3,(H,25,26,27)/t15-/m0/s1. The minimum Gasteiger partial charge on any atom is -0.465 e. The van der Waals surface area contributed by atoms with Crippen LogP contribution in [0.3, 0.4) is 0 Å². The van der Waals surface area contributed by atoms with Crippen LogP contribution in [0.15, 0.2) is 42.6 Å². The Hall–Kier alpha value is -3.48. The molecule has 0 aliphatic carbocycles. The molecule has 31 heavy (non-hydrogen) atoms. The first-order chi connectivity index (χ1) is 15.0. The van der Waals surface area contributed by atoms with Crippen LogP contribution in [0.2, 0.25) is 0 Å². The molecule has 1 aliphatic rings. The number of aryl methyl sites for hydroxylation is 1. The maximum atomic E-state index is 13.4. The molecule has 3 aromatic rings. The van der Waals surface area contributed by atoms with Crippen LogP contribution in [0.4, 0.5) is 11.4 Å². The van der Waals surface area contributed by atoms with Crippen molar-refractivity contribution in [3.8, 4) is 0 Å². The van der Waals surface area contributed by atoms with Gasteiger partial charge in [-0.15, -0.1) is 0 Å². The first-order valence-corrected chi connectivity index (χ1v) is 10.5. The van der Waals surface area contributed by atoms with Gasteiger partial charge in [0, 0.05) is 36.1 Å². The minimum atomic E-state index is -0.417. The number of fused-ring (bicyclic) bond motifs is 1. The number of carbonyl (C=O) groups excluding carboxylic acids is 2. The Morgan fingerprint density at radius 1 is 1.23 bits per heavy atom. The molecular weight excluding hydrogens is 392 g/mol. The molecule has 1 saturated heterocycles. The number of pyridine rings is 2.